The van der Waals surface area contributed by atoms with Crippen molar-refractivity contribution < 1.29 is 19.7 Å². The maximum Gasteiger partial charge on any atom is 0.167 e. The van der Waals surface area contributed by atoms with Crippen molar-refractivity contribution in [3.05, 3.63) is 24.8 Å². The van der Waals surface area contributed by atoms with E-state index in [0.29, 0.717) is 23.5 Å². The van der Waals surface area contributed by atoms with Gasteiger partial charge in [0.2, 0.25) is 0 Å². The van der Waals surface area contributed by atoms with Crippen LogP contribution in [0.2, 0.25) is 0 Å². The van der Waals surface area contributed by atoms with Gasteiger partial charge in [0.1, 0.15) is 24.6 Å². The summed E-state index contributed by atoms with van der Waals surface area (Å²) < 4.78 is 12.7. The molecular formula is C15H21N5O4. The van der Waals surface area contributed by atoms with E-state index in [2.05, 4.69) is 26.8 Å². The number of aliphatic hydroxyl groups is 2. The summed E-state index contributed by atoms with van der Waals surface area (Å²) in [6, 6.07) is 0. The van der Waals surface area contributed by atoms with E-state index in [-0.39, 0.29) is 6.61 Å². The van der Waals surface area contributed by atoms with Gasteiger partial charge in [-0.2, -0.15) is 0 Å². The number of rotatable bonds is 6. The molecule has 1 saturated heterocycles. The summed E-state index contributed by atoms with van der Waals surface area (Å²) in [4.78, 5) is 12.8. The van der Waals surface area contributed by atoms with Gasteiger partial charge in [-0.05, 0) is 6.92 Å². The Bertz CT molecular complexity index is 734. The van der Waals surface area contributed by atoms with Crippen molar-refractivity contribution in [2.24, 2.45) is 0 Å². The number of fused-ring (bicyclic) bond motifs is 1. The number of hydrogen-bond donors (Lipinski definition) is 3. The van der Waals surface area contributed by atoms with Gasteiger partial charge in [0.25, 0.3) is 0 Å². The molecular weight excluding hydrogens is 314 g/mol. The second-order valence-corrected chi connectivity index (χ2v) is 5.80. The van der Waals surface area contributed by atoms with Crippen molar-refractivity contribution in [1.82, 2.24) is 19.5 Å². The van der Waals surface area contributed by atoms with Crippen LogP contribution in [0, 0.1) is 0 Å². The number of nitrogens with zero attached hydrogens (tertiary/aromatic N) is 4. The van der Waals surface area contributed by atoms with E-state index < -0.39 is 24.5 Å². The highest BCUT2D eigenvalue weighted by atomic mass is 16.6. The largest absolute Gasteiger partial charge is 0.394 e. The molecule has 0 amide bonds. The molecule has 2 aromatic heterocycles. The summed E-state index contributed by atoms with van der Waals surface area (Å²) in [5.74, 6) is 0.591. The molecule has 0 aliphatic carbocycles. The Kier molecular flexibility index (Phi) is 4.76. The zero-order valence-corrected chi connectivity index (χ0v) is 13.6. The lowest BCUT2D eigenvalue weighted by Gasteiger charge is -2.19. The maximum atomic E-state index is 10.2. The minimum absolute atomic E-state index is 0.301. The summed E-state index contributed by atoms with van der Waals surface area (Å²) in [6.45, 7) is 6.03. The first-order valence-corrected chi connectivity index (χ1v) is 7.59. The lowest BCUT2D eigenvalue weighted by atomic mass is 10.1. The number of methoxy groups -OCH3 is 1. The molecule has 3 heterocycles. The second-order valence-electron chi connectivity index (χ2n) is 5.80. The molecule has 24 heavy (non-hydrogen) atoms. The van der Waals surface area contributed by atoms with Gasteiger partial charge in [-0.25, -0.2) is 15.0 Å². The van der Waals surface area contributed by atoms with Crippen LogP contribution in [0.4, 0.5) is 5.82 Å². The lowest BCUT2D eigenvalue weighted by molar-refractivity contribution is -0.0583. The van der Waals surface area contributed by atoms with Crippen LogP contribution in [0.3, 0.4) is 0 Å². The van der Waals surface area contributed by atoms with Crippen LogP contribution in [0.15, 0.2) is 24.8 Å². The minimum Gasteiger partial charge on any atom is -0.394 e. The highest BCUT2D eigenvalue weighted by Crippen LogP contribution is 2.33. The summed E-state index contributed by atoms with van der Waals surface area (Å²) in [7, 11) is 1.48. The van der Waals surface area contributed by atoms with E-state index in [1.54, 1.807) is 10.9 Å². The molecule has 0 radical (unpaired) electrons. The number of aliphatic hydroxyl groups excluding tert-OH is 2. The molecule has 0 bridgehead atoms. The monoisotopic (exact) mass is 335 g/mol. The van der Waals surface area contributed by atoms with E-state index in [4.69, 9.17) is 9.47 Å². The SMILES string of the molecule is C=C(C)CNc1ncnc2c1ncn2[C@@H]1O[C@H](CO)[C@@H](O)[C@H]1OC. The van der Waals surface area contributed by atoms with Crippen molar-refractivity contribution in [1.29, 1.82) is 0 Å². The van der Waals surface area contributed by atoms with Crippen molar-refractivity contribution in [2.75, 3.05) is 25.6 Å². The predicted octanol–water partition coefficient (Wildman–Crippen LogP) is 0.0799. The zero-order chi connectivity index (χ0) is 17.3. The van der Waals surface area contributed by atoms with Crippen molar-refractivity contribution in [3.8, 4) is 0 Å². The van der Waals surface area contributed by atoms with E-state index >= 15 is 0 Å². The van der Waals surface area contributed by atoms with E-state index in [9.17, 15) is 10.2 Å². The fraction of sp³-hybridized carbons (Fsp3) is 0.533. The molecule has 4 atom stereocenters. The van der Waals surface area contributed by atoms with E-state index in [1.165, 1.54) is 13.4 Å². The molecule has 130 valence electrons. The molecule has 1 fully saturated rings. The Balaban J connectivity index is 1.96. The number of hydrogen-bond acceptors (Lipinski definition) is 8. The summed E-state index contributed by atoms with van der Waals surface area (Å²) in [6.07, 6.45) is 0.0508. The number of ether oxygens (including phenoxy) is 2. The highest BCUT2D eigenvalue weighted by Gasteiger charge is 2.45. The first kappa shape index (κ1) is 16.8. The Labute approximate surface area is 139 Å². The van der Waals surface area contributed by atoms with Crippen molar-refractivity contribution >= 4 is 17.0 Å². The molecule has 1 aliphatic rings. The van der Waals surface area contributed by atoms with E-state index in [0.717, 1.165) is 5.57 Å². The zero-order valence-electron chi connectivity index (χ0n) is 13.6. The van der Waals surface area contributed by atoms with Gasteiger partial charge in [-0.1, -0.05) is 12.2 Å². The third-order valence-corrected chi connectivity index (χ3v) is 3.96. The molecule has 2 aromatic rings. The molecule has 3 N–H and O–H groups in total. The van der Waals surface area contributed by atoms with Crippen LogP contribution in [-0.2, 0) is 9.47 Å². The van der Waals surface area contributed by atoms with Gasteiger partial charge in [0, 0.05) is 13.7 Å². The second kappa shape index (κ2) is 6.81. The number of imidazole rings is 1. The first-order valence-electron chi connectivity index (χ1n) is 7.59. The van der Waals surface area contributed by atoms with Crippen LogP contribution in [0.1, 0.15) is 13.2 Å². The summed E-state index contributed by atoms with van der Waals surface area (Å²) in [5.41, 5.74) is 2.10. The summed E-state index contributed by atoms with van der Waals surface area (Å²) >= 11 is 0. The Morgan fingerprint density at radius 3 is 2.92 bits per heavy atom. The molecule has 0 aromatic carbocycles. The predicted molar refractivity (Wildman–Crippen MR) is 86.4 cm³/mol. The van der Waals surface area contributed by atoms with Crippen molar-refractivity contribution in [2.45, 2.75) is 31.5 Å². The fourth-order valence-electron chi connectivity index (χ4n) is 2.75. The molecule has 3 rings (SSSR count). The number of anilines is 1. The van der Waals surface area contributed by atoms with Gasteiger partial charge in [0.05, 0.1) is 12.9 Å². The Morgan fingerprint density at radius 1 is 1.46 bits per heavy atom. The standard InChI is InChI=1S/C15H21N5O4/c1-8(2)4-16-13-10-14(18-6-17-13)20(7-19-10)15-12(23-3)11(22)9(5-21)24-15/h6-7,9,11-12,15,21-22H,1,4-5H2,2-3H3,(H,16,17,18)/t9-,11-,12-,15-/m1/s1. The Hall–Kier alpha value is -2.07. The van der Waals surface area contributed by atoms with E-state index in [1.807, 2.05) is 6.92 Å². The average Bonchev–Trinajstić information content (AvgIpc) is 3.13. The van der Waals surface area contributed by atoms with Crippen molar-refractivity contribution in [3.63, 3.8) is 0 Å². The van der Waals surface area contributed by atoms with Gasteiger partial charge in [-0.15, -0.1) is 0 Å². The maximum absolute atomic E-state index is 10.2. The fourth-order valence-corrected chi connectivity index (χ4v) is 2.75. The lowest BCUT2D eigenvalue weighted by Crippen LogP contribution is -2.34. The number of aromatic nitrogens is 4. The van der Waals surface area contributed by atoms with Crippen LogP contribution in [0.5, 0.6) is 0 Å². The van der Waals surface area contributed by atoms with Crippen LogP contribution in [0.25, 0.3) is 11.2 Å². The minimum atomic E-state index is -0.940. The molecule has 0 saturated carbocycles. The molecule has 0 spiro atoms. The molecule has 9 nitrogen and oxygen atoms in total. The van der Waals surface area contributed by atoms with Gasteiger partial charge < -0.3 is 25.0 Å². The third-order valence-electron chi connectivity index (χ3n) is 3.96. The molecule has 1 aliphatic heterocycles. The van der Waals surface area contributed by atoms with Gasteiger partial charge in [0.15, 0.2) is 23.2 Å². The average molecular weight is 335 g/mol. The highest BCUT2D eigenvalue weighted by molar-refractivity contribution is 5.82. The van der Waals surface area contributed by atoms with Gasteiger partial charge in [-0.3, -0.25) is 4.57 Å². The van der Waals surface area contributed by atoms with Crippen LogP contribution < -0.4 is 5.32 Å². The third kappa shape index (κ3) is 2.86. The van der Waals surface area contributed by atoms with Gasteiger partial charge >= 0.3 is 0 Å². The summed E-state index contributed by atoms with van der Waals surface area (Å²) in [5, 5.41) is 22.7. The molecule has 0 unspecified atom stereocenters. The quantitative estimate of drug-likeness (QED) is 0.636. The number of nitrogens with one attached hydrogen (secondary N) is 1. The topological polar surface area (TPSA) is 115 Å². The molecule has 9 heteroatoms. The first-order chi connectivity index (χ1) is 11.6. The van der Waals surface area contributed by atoms with Crippen LogP contribution in [-0.4, -0.2) is 68.3 Å². The normalized spacial score (nSPS) is 26.8. The smallest absolute Gasteiger partial charge is 0.167 e. The Morgan fingerprint density at radius 2 is 2.25 bits per heavy atom. The van der Waals surface area contributed by atoms with Crippen LogP contribution >= 0.6 is 0 Å².